The van der Waals surface area contributed by atoms with Gasteiger partial charge in [-0.1, -0.05) is 36.4 Å². The van der Waals surface area contributed by atoms with Gasteiger partial charge in [-0.25, -0.2) is 14.0 Å². The molecule has 3 amide bonds. The van der Waals surface area contributed by atoms with Crippen molar-refractivity contribution < 1.29 is 33.4 Å². The van der Waals surface area contributed by atoms with Gasteiger partial charge < -0.3 is 19.9 Å². The van der Waals surface area contributed by atoms with Gasteiger partial charge in [0.25, 0.3) is 5.91 Å². The summed E-state index contributed by atoms with van der Waals surface area (Å²) in [6.07, 6.45) is 1.50. The second-order valence-electron chi connectivity index (χ2n) is 7.67. The molecule has 2 N–H and O–H groups in total. The molecule has 1 aliphatic rings. The van der Waals surface area contributed by atoms with Crippen LogP contribution in [0.5, 0.6) is 11.5 Å². The van der Waals surface area contributed by atoms with Crippen molar-refractivity contribution in [1.82, 2.24) is 10.2 Å². The number of carbonyl (C=O) groups is 3. The first-order chi connectivity index (χ1) is 16.9. The summed E-state index contributed by atoms with van der Waals surface area (Å²) in [5.41, 5.74) is 1.83. The molecule has 0 aromatic heterocycles. The monoisotopic (exact) mass is 476 g/mol. The summed E-state index contributed by atoms with van der Waals surface area (Å²) in [4.78, 5) is 37.0. The molecule has 0 saturated carbocycles. The summed E-state index contributed by atoms with van der Waals surface area (Å²) >= 11 is 0. The van der Waals surface area contributed by atoms with Crippen molar-refractivity contribution in [2.45, 2.75) is 13.2 Å². The van der Waals surface area contributed by atoms with Crippen molar-refractivity contribution in [2.75, 3.05) is 7.11 Å². The van der Waals surface area contributed by atoms with E-state index in [0.29, 0.717) is 17.1 Å². The van der Waals surface area contributed by atoms with Gasteiger partial charge in [-0.3, -0.25) is 9.69 Å². The Morgan fingerprint density at radius 2 is 1.80 bits per heavy atom. The number of rotatable bonds is 8. The van der Waals surface area contributed by atoms with Gasteiger partial charge in [-0.15, -0.1) is 0 Å². The summed E-state index contributed by atoms with van der Waals surface area (Å²) in [5.74, 6) is -1.22. The van der Waals surface area contributed by atoms with Crippen LogP contribution in [0.25, 0.3) is 6.08 Å². The second-order valence-corrected chi connectivity index (χ2v) is 7.67. The fourth-order valence-electron chi connectivity index (χ4n) is 3.48. The third-order valence-electron chi connectivity index (χ3n) is 5.34. The molecule has 178 valence electrons. The summed E-state index contributed by atoms with van der Waals surface area (Å²) in [7, 11) is 1.47. The fraction of sp³-hybridized carbons (Fsp3) is 0.115. The first-order valence-corrected chi connectivity index (χ1v) is 10.6. The molecule has 0 atom stereocenters. The van der Waals surface area contributed by atoms with Crippen LogP contribution in [-0.4, -0.2) is 35.0 Å². The highest BCUT2D eigenvalue weighted by Crippen LogP contribution is 2.30. The Morgan fingerprint density at radius 1 is 1.06 bits per heavy atom. The van der Waals surface area contributed by atoms with Crippen LogP contribution < -0.4 is 14.8 Å². The van der Waals surface area contributed by atoms with Crippen LogP contribution in [0.3, 0.4) is 0 Å². The minimum absolute atomic E-state index is 0.0561. The molecule has 0 spiro atoms. The van der Waals surface area contributed by atoms with E-state index in [2.05, 4.69) is 5.32 Å². The number of halogens is 1. The Balaban J connectivity index is 1.47. The zero-order chi connectivity index (χ0) is 24.9. The molecule has 1 heterocycles. The van der Waals surface area contributed by atoms with Crippen molar-refractivity contribution in [2.24, 2.45) is 0 Å². The zero-order valence-electron chi connectivity index (χ0n) is 18.7. The van der Waals surface area contributed by atoms with Gasteiger partial charge in [0.2, 0.25) is 0 Å². The minimum Gasteiger partial charge on any atom is -0.493 e. The molecule has 4 rings (SSSR count). The first kappa shape index (κ1) is 23.5. The maximum absolute atomic E-state index is 13.9. The molecule has 8 nitrogen and oxygen atoms in total. The van der Waals surface area contributed by atoms with Crippen LogP contribution >= 0.6 is 0 Å². The van der Waals surface area contributed by atoms with Crippen molar-refractivity contribution in [3.05, 3.63) is 100 Å². The lowest BCUT2D eigenvalue weighted by molar-refractivity contribution is -0.123. The van der Waals surface area contributed by atoms with Gasteiger partial charge >= 0.3 is 12.0 Å². The van der Waals surface area contributed by atoms with Crippen LogP contribution in [0.2, 0.25) is 0 Å². The Hall–Kier alpha value is -4.66. The Morgan fingerprint density at radius 3 is 2.49 bits per heavy atom. The van der Waals surface area contributed by atoms with E-state index in [1.54, 1.807) is 36.4 Å². The van der Waals surface area contributed by atoms with Gasteiger partial charge in [0.05, 0.1) is 19.2 Å². The molecule has 0 unspecified atom stereocenters. The number of hydrogen-bond donors (Lipinski definition) is 2. The van der Waals surface area contributed by atoms with Crippen molar-refractivity contribution in [3.8, 4) is 11.5 Å². The summed E-state index contributed by atoms with van der Waals surface area (Å²) in [6, 6.07) is 16.6. The number of hydrogen-bond acceptors (Lipinski definition) is 5. The van der Waals surface area contributed by atoms with E-state index < -0.39 is 23.7 Å². The molecule has 35 heavy (non-hydrogen) atoms. The number of benzene rings is 3. The molecular formula is C26H21FN2O6. The Labute approximate surface area is 200 Å². The van der Waals surface area contributed by atoms with Gasteiger partial charge in [0, 0.05) is 5.56 Å². The van der Waals surface area contributed by atoms with Crippen LogP contribution in [0.1, 0.15) is 27.0 Å². The molecule has 1 saturated heterocycles. The highest BCUT2D eigenvalue weighted by molar-refractivity contribution is 6.13. The maximum atomic E-state index is 13.9. The van der Waals surface area contributed by atoms with E-state index in [9.17, 15) is 18.8 Å². The van der Waals surface area contributed by atoms with Gasteiger partial charge in [0.1, 0.15) is 18.1 Å². The molecule has 3 aromatic carbocycles. The third kappa shape index (κ3) is 5.30. The molecule has 9 heteroatoms. The highest BCUT2D eigenvalue weighted by atomic mass is 19.1. The SMILES string of the molecule is COc1cc(C=C2NC(=O)N(Cc3ccccc3F)C2=O)ccc1OCc1ccc(C(=O)O)cc1. The Kier molecular flexibility index (Phi) is 6.77. The smallest absolute Gasteiger partial charge is 0.335 e. The standard InChI is InChI=1S/C26H21FN2O6/c1-34-23-13-17(8-11-22(23)35-15-16-6-9-18(10-7-16)25(31)32)12-21-24(30)29(26(33)28-21)14-19-4-2-3-5-20(19)27/h2-13H,14-15H2,1H3,(H,28,33)(H,31,32). The number of aromatic carboxylic acids is 1. The lowest BCUT2D eigenvalue weighted by Gasteiger charge is -2.12. The fourth-order valence-corrected chi connectivity index (χ4v) is 3.48. The number of carboxylic acids is 1. The molecule has 0 bridgehead atoms. The molecular weight excluding hydrogens is 455 g/mol. The lowest BCUT2D eigenvalue weighted by atomic mass is 10.1. The van der Waals surface area contributed by atoms with E-state index in [0.717, 1.165) is 10.5 Å². The zero-order valence-corrected chi connectivity index (χ0v) is 18.7. The summed E-state index contributed by atoms with van der Waals surface area (Å²) in [6.45, 7) is 0.00840. The number of urea groups is 1. The number of methoxy groups -OCH3 is 1. The quantitative estimate of drug-likeness (QED) is 0.373. The van der Waals surface area contributed by atoms with E-state index in [-0.39, 0.29) is 30.0 Å². The molecule has 0 aliphatic carbocycles. The predicted molar refractivity (Wildman–Crippen MR) is 124 cm³/mol. The molecule has 0 radical (unpaired) electrons. The second kappa shape index (κ2) is 10.1. The summed E-state index contributed by atoms with van der Waals surface area (Å²) in [5, 5.41) is 11.5. The maximum Gasteiger partial charge on any atom is 0.335 e. The lowest BCUT2D eigenvalue weighted by Crippen LogP contribution is -2.30. The first-order valence-electron chi connectivity index (χ1n) is 10.6. The molecule has 3 aromatic rings. The topological polar surface area (TPSA) is 105 Å². The number of imide groups is 1. The molecule has 1 fully saturated rings. The van der Waals surface area contributed by atoms with Crippen LogP contribution in [0, 0.1) is 5.82 Å². The molecule has 1 aliphatic heterocycles. The average molecular weight is 476 g/mol. The van der Waals surface area contributed by atoms with Crippen molar-refractivity contribution >= 4 is 24.0 Å². The van der Waals surface area contributed by atoms with Gasteiger partial charge in [0.15, 0.2) is 11.5 Å². The van der Waals surface area contributed by atoms with Crippen LogP contribution in [0.15, 0.2) is 72.4 Å². The largest absolute Gasteiger partial charge is 0.493 e. The number of ether oxygens (including phenoxy) is 2. The van der Waals surface area contributed by atoms with Gasteiger partial charge in [-0.05, 0) is 47.5 Å². The van der Waals surface area contributed by atoms with E-state index in [4.69, 9.17) is 14.6 Å². The van der Waals surface area contributed by atoms with E-state index >= 15 is 0 Å². The summed E-state index contributed by atoms with van der Waals surface area (Å²) < 4.78 is 25.1. The van der Waals surface area contributed by atoms with Gasteiger partial charge in [-0.2, -0.15) is 0 Å². The number of amides is 3. The minimum atomic E-state index is -1.00. The van der Waals surface area contributed by atoms with E-state index in [1.165, 1.54) is 43.5 Å². The number of carboxylic acid groups (broad SMARTS) is 1. The van der Waals surface area contributed by atoms with Crippen LogP contribution in [-0.2, 0) is 17.9 Å². The highest BCUT2D eigenvalue weighted by Gasteiger charge is 2.34. The Bertz CT molecular complexity index is 1320. The normalized spacial score (nSPS) is 14.2. The number of nitrogens with zero attached hydrogens (tertiary/aromatic N) is 1. The van der Waals surface area contributed by atoms with E-state index in [1.807, 2.05) is 0 Å². The number of carbonyl (C=O) groups excluding carboxylic acids is 2. The van der Waals surface area contributed by atoms with Crippen molar-refractivity contribution in [1.29, 1.82) is 0 Å². The predicted octanol–water partition coefficient (Wildman–Crippen LogP) is 4.20. The van der Waals surface area contributed by atoms with Crippen molar-refractivity contribution in [3.63, 3.8) is 0 Å². The third-order valence-corrected chi connectivity index (χ3v) is 5.34. The van der Waals surface area contributed by atoms with Crippen LogP contribution in [0.4, 0.5) is 9.18 Å². The number of nitrogens with one attached hydrogen (secondary N) is 1. The average Bonchev–Trinajstić information content (AvgIpc) is 3.11.